The summed E-state index contributed by atoms with van der Waals surface area (Å²) in [6.07, 6.45) is 8.01. The van der Waals surface area contributed by atoms with Crippen LogP contribution in [0.4, 0.5) is 0 Å². The summed E-state index contributed by atoms with van der Waals surface area (Å²) in [4.78, 5) is 4.60. The van der Waals surface area contributed by atoms with Crippen molar-refractivity contribution in [3.05, 3.63) is 16.1 Å². The number of nitrogens with zero attached hydrogens (tertiary/aromatic N) is 1. The molecule has 1 aromatic rings. The summed E-state index contributed by atoms with van der Waals surface area (Å²) < 4.78 is 0. The third-order valence-electron chi connectivity index (χ3n) is 4.27. The predicted molar refractivity (Wildman–Crippen MR) is 74.6 cm³/mol. The first-order valence-corrected chi connectivity index (χ1v) is 7.60. The quantitative estimate of drug-likeness (QED) is 0.886. The molecule has 1 atom stereocenters. The predicted octanol–water partition coefficient (Wildman–Crippen LogP) is 3.55. The van der Waals surface area contributed by atoms with Crippen LogP contribution in [0.25, 0.3) is 0 Å². The Morgan fingerprint density at radius 2 is 2.12 bits per heavy atom. The molecule has 96 valence electrons. The highest BCUT2D eigenvalue weighted by Crippen LogP contribution is 2.39. The minimum absolute atomic E-state index is 0.463. The van der Waals surface area contributed by atoms with Gasteiger partial charge in [-0.3, -0.25) is 0 Å². The van der Waals surface area contributed by atoms with E-state index in [2.05, 4.69) is 36.6 Å². The van der Waals surface area contributed by atoms with E-state index in [0.29, 0.717) is 11.5 Å². The zero-order chi connectivity index (χ0) is 12.3. The van der Waals surface area contributed by atoms with E-state index in [1.807, 2.05) is 0 Å². The number of rotatable bonds is 4. The van der Waals surface area contributed by atoms with Gasteiger partial charge in [0.2, 0.25) is 0 Å². The molecule has 1 N–H and O–H groups in total. The number of aromatic nitrogens is 1. The van der Waals surface area contributed by atoms with Crippen molar-refractivity contribution in [2.45, 2.75) is 58.4 Å². The van der Waals surface area contributed by atoms with Crippen LogP contribution in [0.2, 0.25) is 0 Å². The van der Waals surface area contributed by atoms with Crippen molar-refractivity contribution in [2.24, 2.45) is 5.41 Å². The Kier molecular flexibility index (Phi) is 4.21. The molecule has 0 amide bonds. The van der Waals surface area contributed by atoms with E-state index in [-0.39, 0.29) is 0 Å². The van der Waals surface area contributed by atoms with Crippen molar-refractivity contribution < 1.29 is 0 Å². The second-order valence-corrected chi connectivity index (χ2v) is 6.68. The van der Waals surface area contributed by atoms with E-state index in [1.54, 1.807) is 11.3 Å². The summed E-state index contributed by atoms with van der Waals surface area (Å²) in [5, 5.41) is 6.93. The fraction of sp³-hybridized carbons (Fsp3) is 0.786. The van der Waals surface area contributed by atoms with Crippen molar-refractivity contribution >= 4 is 11.3 Å². The molecule has 0 aliphatic heterocycles. The molecule has 1 unspecified atom stereocenters. The second-order valence-electron chi connectivity index (χ2n) is 5.62. The molecule has 0 aromatic carbocycles. The van der Waals surface area contributed by atoms with Gasteiger partial charge in [0.25, 0.3) is 0 Å². The van der Waals surface area contributed by atoms with Crippen LogP contribution in [0.5, 0.6) is 0 Å². The van der Waals surface area contributed by atoms with Gasteiger partial charge in [-0.2, -0.15) is 0 Å². The van der Waals surface area contributed by atoms with Crippen LogP contribution in [0.15, 0.2) is 5.38 Å². The SMILES string of the molecule is CNC(Cc1csc(C)n1)C1(C)CCCCC1. The maximum atomic E-state index is 4.60. The molecule has 0 saturated heterocycles. The maximum absolute atomic E-state index is 4.60. The Balaban J connectivity index is 2.05. The average Bonchev–Trinajstić information content (AvgIpc) is 2.72. The molecule has 3 heteroatoms. The second kappa shape index (κ2) is 5.49. The number of hydrogen-bond donors (Lipinski definition) is 1. The highest BCUT2D eigenvalue weighted by Gasteiger charge is 2.34. The Bertz CT molecular complexity index is 353. The number of nitrogens with one attached hydrogen (secondary N) is 1. The van der Waals surface area contributed by atoms with Crippen LogP contribution in [0, 0.1) is 12.3 Å². The van der Waals surface area contributed by atoms with Gasteiger partial charge in [0.1, 0.15) is 0 Å². The fourth-order valence-corrected chi connectivity index (χ4v) is 3.74. The first-order valence-electron chi connectivity index (χ1n) is 6.72. The minimum Gasteiger partial charge on any atom is -0.316 e. The molecule has 1 saturated carbocycles. The highest BCUT2D eigenvalue weighted by molar-refractivity contribution is 7.09. The van der Waals surface area contributed by atoms with Crippen LogP contribution in [0.3, 0.4) is 0 Å². The summed E-state index contributed by atoms with van der Waals surface area (Å²) in [5.41, 5.74) is 1.73. The van der Waals surface area contributed by atoms with Gasteiger partial charge in [-0.05, 0) is 32.2 Å². The molecule has 1 heterocycles. The molecular formula is C14H24N2S. The van der Waals surface area contributed by atoms with E-state index in [9.17, 15) is 0 Å². The van der Waals surface area contributed by atoms with E-state index in [0.717, 1.165) is 6.42 Å². The molecule has 2 nitrogen and oxygen atoms in total. The fourth-order valence-electron chi connectivity index (χ4n) is 3.12. The number of thiazole rings is 1. The summed E-state index contributed by atoms with van der Waals surface area (Å²) in [7, 11) is 2.10. The van der Waals surface area contributed by atoms with Gasteiger partial charge in [0.05, 0.1) is 10.7 Å². The number of aryl methyl sites for hydroxylation is 1. The summed E-state index contributed by atoms with van der Waals surface area (Å²) in [5.74, 6) is 0. The molecule has 0 radical (unpaired) electrons. The zero-order valence-electron chi connectivity index (χ0n) is 11.3. The van der Waals surface area contributed by atoms with E-state index in [4.69, 9.17) is 0 Å². The normalized spacial score (nSPS) is 21.4. The Hall–Kier alpha value is -0.410. The van der Waals surface area contributed by atoms with Crippen LogP contribution in [-0.4, -0.2) is 18.1 Å². The van der Waals surface area contributed by atoms with Crippen LogP contribution in [0.1, 0.15) is 49.7 Å². The van der Waals surface area contributed by atoms with E-state index in [1.165, 1.54) is 42.8 Å². The van der Waals surface area contributed by atoms with Gasteiger partial charge in [-0.1, -0.05) is 26.2 Å². The van der Waals surface area contributed by atoms with Gasteiger partial charge in [-0.25, -0.2) is 4.98 Å². The molecule has 1 aliphatic rings. The Labute approximate surface area is 109 Å². The van der Waals surface area contributed by atoms with Gasteiger partial charge >= 0.3 is 0 Å². The molecule has 0 spiro atoms. The topological polar surface area (TPSA) is 24.9 Å². The van der Waals surface area contributed by atoms with Crippen molar-refractivity contribution in [2.75, 3.05) is 7.05 Å². The van der Waals surface area contributed by atoms with Gasteiger partial charge in [-0.15, -0.1) is 11.3 Å². The van der Waals surface area contributed by atoms with Gasteiger partial charge in [0, 0.05) is 17.8 Å². The molecular weight excluding hydrogens is 228 g/mol. The smallest absolute Gasteiger partial charge is 0.0897 e. The highest BCUT2D eigenvalue weighted by atomic mass is 32.1. The van der Waals surface area contributed by atoms with Crippen molar-refractivity contribution in [1.29, 1.82) is 0 Å². The average molecular weight is 252 g/mol. The first kappa shape index (κ1) is 13.0. The molecule has 17 heavy (non-hydrogen) atoms. The molecule has 1 aromatic heterocycles. The third-order valence-corrected chi connectivity index (χ3v) is 5.09. The molecule has 0 bridgehead atoms. The van der Waals surface area contributed by atoms with Gasteiger partial charge < -0.3 is 5.32 Å². The largest absolute Gasteiger partial charge is 0.316 e. The zero-order valence-corrected chi connectivity index (χ0v) is 12.1. The third kappa shape index (κ3) is 3.08. The van der Waals surface area contributed by atoms with Crippen molar-refractivity contribution in [1.82, 2.24) is 10.3 Å². The van der Waals surface area contributed by atoms with Crippen LogP contribution >= 0.6 is 11.3 Å². The van der Waals surface area contributed by atoms with Crippen LogP contribution < -0.4 is 5.32 Å². The van der Waals surface area contributed by atoms with E-state index >= 15 is 0 Å². The number of likely N-dealkylation sites (N-methyl/N-ethyl adjacent to an activating group) is 1. The lowest BCUT2D eigenvalue weighted by molar-refractivity contribution is 0.148. The lowest BCUT2D eigenvalue weighted by Crippen LogP contribution is -2.44. The van der Waals surface area contributed by atoms with Crippen molar-refractivity contribution in [3.8, 4) is 0 Å². The molecule has 1 fully saturated rings. The van der Waals surface area contributed by atoms with E-state index < -0.39 is 0 Å². The maximum Gasteiger partial charge on any atom is 0.0897 e. The van der Waals surface area contributed by atoms with Gasteiger partial charge in [0.15, 0.2) is 0 Å². The summed E-state index contributed by atoms with van der Waals surface area (Å²) in [6, 6.07) is 0.573. The minimum atomic E-state index is 0.463. The van der Waals surface area contributed by atoms with Crippen molar-refractivity contribution in [3.63, 3.8) is 0 Å². The summed E-state index contributed by atoms with van der Waals surface area (Å²) >= 11 is 1.76. The lowest BCUT2D eigenvalue weighted by atomic mass is 9.69. The summed E-state index contributed by atoms with van der Waals surface area (Å²) in [6.45, 7) is 4.54. The molecule has 2 rings (SSSR count). The first-order chi connectivity index (χ1) is 8.14. The monoisotopic (exact) mass is 252 g/mol. The Morgan fingerprint density at radius 3 is 2.65 bits per heavy atom. The molecule has 1 aliphatic carbocycles. The lowest BCUT2D eigenvalue weighted by Gasteiger charge is -2.40. The number of hydrogen-bond acceptors (Lipinski definition) is 3. The Morgan fingerprint density at radius 1 is 1.41 bits per heavy atom. The standard InChI is InChI=1S/C14H24N2S/c1-11-16-12(10-17-11)9-13(15-3)14(2)7-5-4-6-8-14/h10,13,15H,4-9H2,1-3H3. The van der Waals surface area contributed by atoms with Crippen LogP contribution in [-0.2, 0) is 6.42 Å².